The molecule has 0 aromatic carbocycles. The van der Waals surface area contributed by atoms with E-state index in [0.29, 0.717) is 10.1 Å². The predicted octanol–water partition coefficient (Wildman–Crippen LogP) is 3.19. The van der Waals surface area contributed by atoms with Crippen molar-refractivity contribution < 1.29 is 13.5 Å². The highest BCUT2D eigenvalue weighted by Crippen LogP contribution is 2.30. The third-order valence-corrected chi connectivity index (χ3v) is 7.56. The molecule has 0 aliphatic heterocycles. The van der Waals surface area contributed by atoms with Crippen LogP contribution in [0.5, 0.6) is 0 Å². The minimum atomic E-state index is -3.48. The van der Waals surface area contributed by atoms with Crippen LogP contribution in [0, 0.1) is 12.8 Å². The first-order valence-electron chi connectivity index (χ1n) is 7.70. The van der Waals surface area contributed by atoms with E-state index in [4.69, 9.17) is 0 Å². The van der Waals surface area contributed by atoms with E-state index < -0.39 is 10.0 Å². The third kappa shape index (κ3) is 4.06. The van der Waals surface area contributed by atoms with Crippen LogP contribution in [-0.4, -0.2) is 19.6 Å². The zero-order valence-corrected chi connectivity index (χ0v) is 14.4. The first-order chi connectivity index (χ1) is 9.97. The highest BCUT2D eigenvalue weighted by Gasteiger charge is 2.28. The molecule has 1 aromatic rings. The van der Waals surface area contributed by atoms with E-state index in [0.717, 1.165) is 29.7 Å². The van der Waals surface area contributed by atoms with Gasteiger partial charge in [-0.15, -0.1) is 11.3 Å². The second-order valence-corrected chi connectivity index (χ2v) is 8.94. The molecule has 21 heavy (non-hydrogen) atoms. The van der Waals surface area contributed by atoms with Gasteiger partial charge in [0.25, 0.3) is 0 Å². The molecule has 2 rings (SSSR count). The normalized spacial score (nSPS) is 18.8. The molecule has 1 heterocycles. The van der Waals surface area contributed by atoms with Gasteiger partial charge in [0, 0.05) is 10.9 Å². The second-order valence-electron chi connectivity index (χ2n) is 5.86. The molecule has 1 aromatic heterocycles. The van der Waals surface area contributed by atoms with E-state index in [1.165, 1.54) is 30.6 Å². The van der Waals surface area contributed by atoms with Crippen LogP contribution in [0.1, 0.15) is 55.9 Å². The van der Waals surface area contributed by atoms with Gasteiger partial charge in [0.1, 0.15) is 4.21 Å². The summed E-state index contributed by atoms with van der Waals surface area (Å²) in [5, 5.41) is 9.22. The summed E-state index contributed by atoms with van der Waals surface area (Å²) < 4.78 is 28.3. The topological polar surface area (TPSA) is 66.4 Å². The van der Waals surface area contributed by atoms with Gasteiger partial charge in [0.2, 0.25) is 10.0 Å². The molecule has 0 bridgehead atoms. The lowest BCUT2D eigenvalue weighted by atomic mass is 9.83. The Hall–Kier alpha value is -0.430. The maximum absolute atomic E-state index is 12.5. The lowest BCUT2D eigenvalue weighted by Crippen LogP contribution is -2.40. The molecule has 1 saturated carbocycles. The van der Waals surface area contributed by atoms with Crippen LogP contribution >= 0.6 is 11.3 Å². The molecule has 0 radical (unpaired) electrons. The highest BCUT2D eigenvalue weighted by molar-refractivity contribution is 7.91. The minimum absolute atomic E-state index is 0.0234. The quantitative estimate of drug-likeness (QED) is 0.841. The summed E-state index contributed by atoms with van der Waals surface area (Å²) in [6, 6.07) is 1.68. The van der Waals surface area contributed by atoms with Gasteiger partial charge in [-0.2, -0.15) is 0 Å². The van der Waals surface area contributed by atoms with E-state index in [-0.39, 0.29) is 12.6 Å². The Morgan fingerprint density at radius 1 is 1.38 bits per heavy atom. The Morgan fingerprint density at radius 3 is 2.57 bits per heavy atom. The molecule has 0 spiro atoms. The van der Waals surface area contributed by atoms with Crippen LogP contribution in [0.2, 0.25) is 0 Å². The Bertz CT molecular complexity index is 559. The number of nitrogens with one attached hydrogen (secondary N) is 1. The van der Waals surface area contributed by atoms with Gasteiger partial charge in [-0.1, -0.05) is 26.2 Å². The largest absolute Gasteiger partial charge is 0.391 e. The van der Waals surface area contributed by atoms with Gasteiger partial charge in [0.15, 0.2) is 0 Å². The molecule has 1 atom stereocenters. The fourth-order valence-electron chi connectivity index (χ4n) is 3.08. The molecule has 120 valence electrons. The summed E-state index contributed by atoms with van der Waals surface area (Å²) in [7, 11) is -3.48. The van der Waals surface area contributed by atoms with E-state index in [2.05, 4.69) is 4.72 Å². The van der Waals surface area contributed by atoms with Crippen LogP contribution in [0.3, 0.4) is 0 Å². The smallest absolute Gasteiger partial charge is 0.250 e. The monoisotopic (exact) mass is 331 g/mol. The molecule has 1 aliphatic carbocycles. The van der Waals surface area contributed by atoms with Gasteiger partial charge in [-0.05, 0) is 43.7 Å². The Balaban J connectivity index is 2.14. The molecule has 4 nitrogen and oxygen atoms in total. The third-order valence-electron chi connectivity index (χ3n) is 4.37. The molecular weight excluding hydrogens is 306 g/mol. The molecule has 1 aliphatic rings. The van der Waals surface area contributed by atoms with Crippen molar-refractivity contribution in [1.82, 2.24) is 4.72 Å². The van der Waals surface area contributed by atoms with Crippen LogP contribution in [0.15, 0.2) is 10.3 Å². The van der Waals surface area contributed by atoms with Crippen molar-refractivity contribution in [3.8, 4) is 0 Å². The number of sulfonamides is 1. The molecule has 6 heteroatoms. The number of rotatable bonds is 6. The Morgan fingerprint density at radius 2 is 2.05 bits per heavy atom. The highest BCUT2D eigenvalue weighted by atomic mass is 32.2. The number of aryl methyl sites for hydroxylation is 1. The van der Waals surface area contributed by atoms with Crippen LogP contribution in [0.25, 0.3) is 0 Å². The summed E-state index contributed by atoms with van der Waals surface area (Å²) in [6.45, 7) is 3.77. The minimum Gasteiger partial charge on any atom is -0.391 e. The van der Waals surface area contributed by atoms with Crippen LogP contribution < -0.4 is 4.72 Å². The van der Waals surface area contributed by atoms with Crippen molar-refractivity contribution in [1.29, 1.82) is 0 Å². The maximum atomic E-state index is 12.5. The fourth-order valence-corrected chi connectivity index (χ4v) is 5.94. The van der Waals surface area contributed by atoms with Crippen molar-refractivity contribution in [2.45, 2.75) is 69.2 Å². The van der Waals surface area contributed by atoms with E-state index in [1.807, 2.05) is 13.8 Å². The van der Waals surface area contributed by atoms with Gasteiger partial charge in [0.05, 0.1) is 6.61 Å². The molecule has 1 fully saturated rings. The summed E-state index contributed by atoms with van der Waals surface area (Å²) >= 11 is 1.17. The first kappa shape index (κ1) is 16.9. The maximum Gasteiger partial charge on any atom is 0.250 e. The van der Waals surface area contributed by atoms with Gasteiger partial charge in [-0.25, -0.2) is 13.1 Å². The van der Waals surface area contributed by atoms with E-state index in [9.17, 15) is 13.5 Å². The van der Waals surface area contributed by atoms with Crippen molar-refractivity contribution in [3.05, 3.63) is 16.5 Å². The SMILES string of the molecule is CCC(NS(=O)(=O)c1cc(C)c(CO)s1)C1CCCCC1. The average Bonchev–Trinajstić information content (AvgIpc) is 2.87. The van der Waals surface area contributed by atoms with Crippen molar-refractivity contribution in [2.24, 2.45) is 5.92 Å². The number of aliphatic hydroxyl groups excluding tert-OH is 1. The summed E-state index contributed by atoms with van der Waals surface area (Å²) in [5.41, 5.74) is 0.841. The molecule has 0 amide bonds. The predicted molar refractivity (Wildman–Crippen MR) is 86.0 cm³/mol. The Labute approximate surface area is 131 Å². The van der Waals surface area contributed by atoms with Gasteiger partial charge < -0.3 is 5.11 Å². The number of hydrogen-bond acceptors (Lipinski definition) is 4. The van der Waals surface area contributed by atoms with E-state index >= 15 is 0 Å². The number of thiophene rings is 1. The first-order valence-corrected chi connectivity index (χ1v) is 10.0. The van der Waals surface area contributed by atoms with Crippen LogP contribution in [0.4, 0.5) is 0 Å². The second kappa shape index (κ2) is 7.22. The lowest BCUT2D eigenvalue weighted by Gasteiger charge is -2.29. The molecule has 2 N–H and O–H groups in total. The van der Waals surface area contributed by atoms with Gasteiger partial charge >= 0.3 is 0 Å². The summed E-state index contributed by atoms with van der Waals surface area (Å²) in [6.07, 6.45) is 6.73. The van der Waals surface area contributed by atoms with Crippen LogP contribution in [-0.2, 0) is 16.6 Å². The number of hydrogen-bond donors (Lipinski definition) is 2. The fraction of sp³-hybridized carbons (Fsp3) is 0.733. The Kier molecular flexibility index (Phi) is 5.82. The van der Waals surface area contributed by atoms with Crippen molar-refractivity contribution in [3.63, 3.8) is 0 Å². The zero-order valence-electron chi connectivity index (χ0n) is 12.8. The molecule has 1 unspecified atom stereocenters. The van der Waals surface area contributed by atoms with E-state index in [1.54, 1.807) is 6.07 Å². The van der Waals surface area contributed by atoms with Gasteiger partial charge in [-0.3, -0.25) is 0 Å². The number of aliphatic hydroxyl groups is 1. The standard InChI is InChI=1S/C15H25NO3S2/c1-3-13(12-7-5-4-6-8-12)16-21(18,19)15-9-11(2)14(10-17)20-15/h9,12-13,16-17H,3-8,10H2,1-2H3. The lowest BCUT2D eigenvalue weighted by molar-refractivity contribution is 0.285. The average molecular weight is 332 g/mol. The van der Waals surface area contributed by atoms with Crippen molar-refractivity contribution in [2.75, 3.05) is 0 Å². The summed E-state index contributed by atoms with van der Waals surface area (Å²) in [4.78, 5) is 0.723. The van der Waals surface area contributed by atoms with Crippen molar-refractivity contribution >= 4 is 21.4 Å². The summed E-state index contributed by atoms with van der Waals surface area (Å²) in [5.74, 6) is 0.455. The molecular formula is C15H25NO3S2. The molecule has 0 saturated heterocycles. The zero-order chi connectivity index (χ0) is 15.5.